The number of nitriles is 1. The summed E-state index contributed by atoms with van der Waals surface area (Å²) < 4.78 is 6.26. The van der Waals surface area contributed by atoms with Gasteiger partial charge in [-0.1, -0.05) is 31.9 Å². The van der Waals surface area contributed by atoms with Gasteiger partial charge in [0.15, 0.2) is 0 Å². The summed E-state index contributed by atoms with van der Waals surface area (Å²) in [7, 11) is 0. The van der Waals surface area contributed by atoms with Crippen LogP contribution in [0.15, 0.2) is 30.5 Å². The van der Waals surface area contributed by atoms with Crippen molar-refractivity contribution in [1.82, 2.24) is 4.98 Å². The topological polar surface area (TPSA) is 45.9 Å². The highest BCUT2D eigenvalue weighted by Gasteiger charge is 2.23. The highest BCUT2D eigenvalue weighted by Crippen LogP contribution is 2.34. The Bertz CT molecular complexity index is 674. The number of hydrogen-bond donors (Lipinski definition) is 0. The van der Waals surface area contributed by atoms with Crippen molar-refractivity contribution in [3.63, 3.8) is 0 Å². The molecule has 1 aromatic heterocycles. The first-order valence-corrected chi connectivity index (χ1v) is 7.76. The Hall–Kier alpha value is -2.08. The minimum absolute atomic E-state index is 0.224. The lowest BCUT2D eigenvalue weighted by Gasteiger charge is -2.29. The number of pyridine rings is 1. The zero-order valence-electron chi connectivity index (χ0n) is 12.4. The van der Waals surface area contributed by atoms with Crippen molar-refractivity contribution < 1.29 is 4.74 Å². The number of para-hydroxylation sites is 1. The normalized spacial score (nSPS) is 21.9. The molecule has 2 aromatic rings. The largest absolute Gasteiger partial charge is 0.488 e. The first-order valence-electron chi connectivity index (χ1n) is 7.76. The summed E-state index contributed by atoms with van der Waals surface area (Å²) >= 11 is 0. The summed E-state index contributed by atoms with van der Waals surface area (Å²) in [6.07, 6.45) is 7.75. The molecule has 1 heterocycles. The van der Waals surface area contributed by atoms with Gasteiger partial charge in [0.2, 0.25) is 0 Å². The van der Waals surface area contributed by atoms with Gasteiger partial charge in [-0.3, -0.25) is 4.98 Å². The molecule has 3 heteroatoms. The fourth-order valence-electron chi connectivity index (χ4n) is 3.21. The average molecular weight is 280 g/mol. The number of rotatable bonds is 3. The molecular weight excluding hydrogens is 260 g/mol. The maximum atomic E-state index is 9.34. The standard InChI is InChI=1S/C18H20N2O/c1-2-13-6-5-7-15(10-13)21-18-14(11-19)12-20-17-9-4-3-8-16(17)18/h3-4,8-9,12-13,15H,2,5-7,10H2,1H3. The van der Waals surface area contributed by atoms with Crippen LogP contribution in [0.1, 0.15) is 44.6 Å². The van der Waals surface area contributed by atoms with Crippen LogP contribution >= 0.6 is 0 Å². The lowest BCUT2D eigenvalue weighted by molar-refractivity contribution is 0.123. The molecule has 0 N–H and O–H groups in total. The fourth-order valence-corrected chi connectivity index (χ4v) is 3.21. The van der Waals surface area contributed by atoms with E-state index in [1.165, 1.54) is 19.3 Å². The van der Waals surface area contributed by atoms with Crippen molar-refractivity contribution >= 4 is 10.9 Å². The van der Waals surface area contributed by atoms with Crippen LogP contribution in [0.5, 0.6) is 5.75 Å². The third-order valence-corrected chi connectivity index (χ3v) is 4.44. The van der Waals surface area contributed by atoms with E-state index in [2.05, 4.69) is 18.0 Å². The Morgan fingerprint density at radius 2 is 2.19 bits per heavy atom. The van der Waals surface area contributed by atoms with E-state index < -0.39 is 0 Å². The average Bonchev–Trinajstić information content (AvgIpc) is 2.55. The first kappa shape index (κ1) is 13.9. The van der Waals surface area contributed by atoms with E-state index >= 15 is 0 Å². The van der Waals surface area contributed by atoms with Gasteiger partial charge in [0, 0.05) is 11.6 Å². The maximum absolute atomic E-state index is 9.34. The maximum Gasteiger partial charge on any atom is 0.148 e. The second-order valence-electron chi connectivity index (χ2n) is 5.81. The predicted octanol–water partition coefficient (Wildman–Crippen LogP) is 4.45. The Kier molecular flexibility index (Phi) is 4.06. The Morgan fingerprint density at radius 3 is 3.00 bits per heavy atom. The van der Waals surface area contributed by atoms with Crippen LogP contribution in [0, 0.1) is 17.2 Å². The number of hydrogen-bond acceptors (Lipinski definition) is 3. The summed E-state index contributed by atoms with van der Waals surface area (Å²) in [4.78, 5) is 4.33. The zero-order chi connectivity index (χ0) is 14.7. The molecule has 0 amide bonds. The van der Waals surface area contributed by atoms with E-state index in [9.17, 15) is 5.26 Å². The van der Waals surface area contributed by atoms with Gasteiger partial charge in [0.05, 0.1) is 11.6 Å². The molecule has 3 rings (SSSR count). The number of nitrogens with zero attached hydrogens (tertiary/aromatic N) is 2. The smallest absolute Gasteiger partial charge is 0.148 e. The van der Waals surface area contributed by atoms with Crippen LogP contribution in [0.4, 0.5) is 0 Å². The quantitative estimate of drug-likeness (QED) is 0.834. The van der Waals surface area contributed by atoms with E-state index in [4.69, 9.17) is 4.74 Å². The molecular formula is C18H20N2O. The molecule has 0 aliphatic heterocycles. The third-order valence-electron chi connectivity index (χ3n) is 4.44. The molecule has 1 saturated carbocycles. The summed E-state index contributed by atoms with van der Waals surface area (Å²) in [6, 6.07) is 10.1. The molecule has 0 radical (unpaired) electrons. The minimum atomic E-state index is 0.224. The molecule has 3 nitrogen and oxygen atoms in total. The van der Waals surface area contributed by atoms with E-state index in [0.29, 0.717) is 11.3 Å². The molecule has 1 aliphatic rings. The molecule has 108 valence electrons. The predicted molar refractivity (Wildman–Crippen MR) is 83.1 cm³/mol. The van der Waals surface area contributed by atoms with Crippen molar-refractivity contribution in [3.05, 3.63) is 36.0 Å². The van der Waals surface area contributed by atoms with Crippen LogP contribution in [0.25, 0.3) is 10.9 Å². The number of ether oxygens (including phenoxy) is 1. The van der Waals surface area contributed by atoms with E-state index in [1.807, 2.05) is 24.3 Å². The first-order chi connectivity index (χ1) is 10.3. The summed E-state index contributed by atoms with van der Waals surface area (Å²) in [5.74, 6) is 1.47. The van der Waals surface area contributed by atoms with E-state index in [1.54, 1.807) is 6.20 Å². The van der Waals surface area contributed by atoms with Gasteiger partial charge in [-0.2, -0.15) is 5.26 Å². The van der Waals surface area contributed by atoms with Crippen LogP contribution in [0.2, 0.25) is 0 Å². The lowest BCUT2D eigenvalue weighted by Crippen LogP contribution is -2.25. The number of fused-ring (bicyclic) bond motifs is 1. The molecule has 0 bridgehead atoms. The van der Waals surface area contributed by atoms with Crippen LogP contribution < -0.4 is 4.74 Å². The summed E-state index contributed by atoms with van der Waals surface area (Å²) in [5.41, 5.74) is 1.42. The lowest BCUT2D eigenvalue weighted by atomic mass is 9.85. The van der Waals surface area contributed by atoms with Crippen molar-refractivity contribution in [2.45, 2.75) is 45.1 Å². The van der Waals surface area contributed by atoms with Crippen LogP contribution in [0.3, 0.4) is 0 Å². The number of aromatic nitrogens is 1. The van der Waals surface area contributed by atoms with Gasteiger partial charge in [0.25, 0.3) is 0 Å². The minimum Gasteiger partial charge on any atom is -0.488 e. The monoisotopic (exact) mass is 280 g/mol. The van der Waals surface area contributed by atoms with Gasteiger partial charge in [-0.15, -0.1) is 0 Å². The van der Waals surface area contributed by atoms with Crippen molar-refractivity contribution in [1.29, 1.82) is 5.26 Å². The number of benzene rings is 1. The molecule has 2 unspecified atom stereocenters. The van der Waals surface area contributed by atoms with Crippen molar-refractivity contribution in [2.24, 2.45) is 5.92 Å². The molecule has 1 fully saturated rings. The van der Waals surface area contributed by atoms with Gasteiger partial charge in [0.1, 0.15) is 17.4 Å². The molecule has 2 atom stereocenters. The zero-order valence-corrected chi connectivity index (χ0v) is 12.4. The van der Waals surface area contributed by atoms with Crippen molar-refractivity contribution in [2.75, 3.05) is 0 Å². The van der Waals surface area contributed by atoms with E-state index in [-0.39, 0.29) is 6.10 Å². The molecule has 0 spiro atoms. The molecule has 21 heavy (non-hydrogen) atoms. The van der Waals surface area contributed by atoms with Gasteiger partial charge in [-0.05, 0) is 37.3 Å². The summed E-state index contributed by atoms with van der Waals surface area (Å²) in [5, 5.41) is 10.3. The Morgan fingerprint density at radius 1 is 1.33 bits per heavy atom. The third kappa shape index (κ3) is 2.85. The van der Waals surface area contributed by atoms with Crippen molar-refractivity contribution in [3.8, 4) is 11.8 Å². The molecule has 1 aromatic carbocycles. The molecule has 0 saturated heterocycles. The SMILES string of the molecule is CCC1CCCC(Oc2c(C#N)cnc3ccccc23)C1. The van der Waals surface area contributed by atoms with Gasteiger partial charge in [-0.25, -0.2) is 0 Å². The summed E-state index contributed by atoms with van der Waals surface area (Å²) in [6.45, 7) is 2.25. The van der Waals surface area contributed by atoms with Crippen LogP contribution in [-0.4, -0.2) is 11.1 Å². The molecule has 1 aliphatic carbocycles. The highest BCUT2D eigenvalue weighted by molar-refractivity contribution is 5.87. The van der Waals surface area contributed by atoms with Gasteiger partial charge < -0.3 is 4.74 Å². The highest BCUT2D eigenvalue weighted by atomic mass is 16.5. The second kappa shape index (κ2) is 6.13. The Balaban J connectivity index is 1.94. The fraction of sp³-hybridized carbons (Fsp3) is 0.444. The second-order valence-corrected chi connectivity index (χ2v) is 5.81. The van der Waals surface area contributed by atoms with Crippen LogP contribution in [-0.2, 0) is 0 Å². The van der Waals surface area contributed by atoms with Gasteiger partial charge >= 0.3 is 0 Å². The van der Waals surface area contributed by atoms with E-state index in [0.717, 1.165) is 29.7 Å². The Labute approximate surface area is 125 Å².